The number of para-hydroxylation sites is 1. The number of carbonyl (C=O) groups is 2. The van der Waals surface area contributed by atoms with E-state index in [1.54, 1.807) is 30.3 Å². The Kier molecular flexibility index (Phi) is 6.47. The molecular weight excluding hydrogens is 376 g/mol. The largest absolute Gasteiger partial charge is 0.326 e. The van der Waals surface area contributed by atoms with Crippen molar-refractivity contribution in [3.05, 3.63) is 77.6 Å². The molecule has 0 saturated heterocycles. The average Bonchev–Trinajstić information content (AvgIpc) is 3.02. The van der Waals surface area contributed by atoms with Crippen molar-refractivity contribution in [3.63, 3.8) is 0 Å². The van der Waals surface area contributed by atoms with Crippen LogP contribution < -0.4 is 10.6 Å². The van der Waals surface area contributed by atoms with Gasteiger partial charge in [0.2, 0.25) is 11.8 Å². The lowest BCUT2D eigenvalue weighted by Crippen LogP contribution is -2.17. The van der Waals surface area contributed by atoms with E-state index in [1.807, 2.05) is 62.7 Å². The van der Waals surface area contributed by atoms with Crippen molar-refractivity contribution in [1.82, 2.24) is 9.78 Å². The molecule has 154 valence electrons. The fraction of sp³-hybridized carbons (Fsp3) is 0.208. The number of hydrogen-bond acceptors (Lipinski definition) is 3. The summed E-state index contributed by atoms with van der Waals surface area (Å²) in [5.74, 6) is -0.371. The molecule has 0 saturated carbocycles. The zero-order chi connectivity index (χ0) is 21.7. The number of carbonyl (C=O) groups excluding carboxylic acids is 2. The zero-order valence-electron chi connectivity index (χ0n) is 17.6. The molecular formula is C24H26N4O2. The molecule has 0 spiro atoms. The molecule has 0 radical (unpaired) electrons. The van der Waals surface area contributed by atoms with E-state index in [-0.39, 0.29) is 17.7 Å². The first-order valence-electron chi connectivity index (χ1n) is 9.87. The molecule has 1 heterocycles. The Labute approximate surface area is 176 Å². The minimum absolute atomic E-state index is 0.0449. The van der Waals surface area contributed by atoms with Gasteiger partial charge in [0.05, 0.1) is 11.4 Å². The van der Waals surface area contributed by atoms with E-state index in [0.29, 0.717) is 11.4 Å². The Balaban J connectivity index is 1.67. The third-order valence-corrected chi connectivity index (χ3v) is 4.69. The SMILES string of the molecule is Cc1nn(-c2ccccc2)c(C)c1C=CC(=O)Nc1ccc(NC(=O)C(C)C)cc1. The average molecular weight is 402 g/mol. The first kappa shape index (κ1) is 21.0. The maximum absolute atomic E-state index is 12.3. The van der Waals surface area contributed by atoms with Crippen LogP contribution in [-0.4, -0.2) is 21.6 Å². The van der Waals surface area contributed by atoms with Crippen LogP contribution >= 0.6 is 0 Å². The Morgan fingerprint density at radius 2 is 1.53 bits per heavy atom. The molecule has 0 aliphatic carbocycles. The first-order chi connectivity index (χ1) is 14.3. The summed E-state index contributed by atoms with van der Waals surface area (Å²) in [5.41, 5.74) is 5.06. The number of amides is 2. The van der Waals surface area contributed by atoms with Crippen LogP contribution in [0, 0.1) is 19.8 Å². The van der Waals surface area contributed by atoms with E-state index in [9.17, 15) is 9.59 Å². The molecule has 1 aromatic heterocycles. The molecule has 0 atom stereocenters. The van der Waals surface area contributed by atoms with Crippen LogP contribution in [-0.2, 0) is 9.59 Å². The van der Waals surface area contributed by atoms with Gasteiger partial charge in [0.25, 0.3) is 0 Å². The molecule has 0 bridgehead atoms. The first-order valence-corrected chi connectivity index (χ1v) is 9.87. The maximum Gasteiger partial charge on any atom is 0.248 e. The second-order valence-electron chi connectivity index (χ2n) is 7.38. The van der Waals surface area contributed by atoms with Crippen LogP contribution in [0.25, 0.3) is 11.8 Å². The third kappa shape index (κ3) is 5.03. The summed E-state index contributed by atoms with van der Waals surface area (Å²) < 4.78 is 1.87. The molecule has 0 aliphatic rings. The molecule has 0 aliphatic heterocycles. The molecule has 2 aromatic carbocycles. The number of aryl methyl sites for hydroxylation is 1. The van der Waals surface area contributed by atoms with Crippen molar-refractivity contribution in [2.24, 2.45) is 5.92 Å². The highest BCUT2D eigenvalue weighted by molar-refractivity contribution is 6.02. The minimum Gasteiger partial charge on any atom is -0.326 e. The van der Waals surface area contributed by atoms with E-state index in [0.717, 1.165) is 22.6 Å². The monoisotopic (exact) mass is 402 g/mol. The van der Waals surface area contributed by atoms with Gasteiger partial charge < -0.3 is 10.6 Å². The highest BCUT2D eigenvalue weighted by atomic mass is 16.2. The summed E-state index contributed by atoms with van der Waals surface area (Å²) in [7, 11) is 0. The molecule has 30 heavy (non-hydrogen) atoms. The zero-order valence-corrected chi connectivity index (χ0v) is 17.6. The van der Waals surface area contributed by atoms with Crippen molar-refractivity contribution < 1.29 is 9.59 Å². The van der Waals surface area contributed by atoms with E-state index >= 15 is 0 Å². The lowest BCUT2D eigenvalue weighted by Gasteiger charge is -2.08. The smallest absolute Gasteiger partial charge is 0.248 e. The second-order valence-corrected chi connectivity index (χ2v) is 7.38. The highest BCUT2D eigenvalue weighted by Crippen LogP contribution is 2.19. The predicted octanol–water partition coefficient (Wildman–Crippen LogP) is 4.74. The number of nitrogens with zero attached hydrogens (tertiary/aromatic N) is 2. The topological polar surface area (TPSA) is 76.0 Å². The fourth-order valence-electron chi connectivity index (χ4n) is 2.98. The summed E-state index contributed by atoms with van der Waals surface area (Å²) in [5, 5.41) is 10.2. The van der Waals surface area contributed by atoms with Gasteiger partial charge >= 0.3 is 0 Å². The lowest BCUT2D eigenvalue weighted by molar-refractivity contribution is -0.119. The Morgan fingerprint density at radius 1 is 0.933 bits per heavy atom. The summed E-state index contributed by atoms with van der Waals surface area (Å²) >= 11 is 0. The van der Waals surface area contributed by atoms with Crippen molar-refractivity contribution in [2.45, 2.75) is 27.7 Å². The molecule has 6 heteroatoms. The van der Waals surface area contributed by atoms with Gasteiger partial charge in [0.1, 0.15) is 0 Å². The Bertz CT molecular complexity index is 1060. The van der Waals surface area contributed by atoms with Gasteiger partial charge in [-0.25, -0.2) is 4.68 Å². The van der Waals surface area contributed by atoms with Gasteiger partial charge in [-0.3, -0.25) is 9.59 Å². The van der Waals surface area contributed by atoms with Gasteiger partial charge in [0, 0.05) is 34.6 Å². The molecule has 0 unspecified atom stereocenters. The third-order valence-electron chi connectivity index (χ3n) is 4.69. The van der Waals surface area contributed by atoms with Crippen LogP contribution in [0.5, 0.6) is 0 Å². The second kappa shape index (κ2) is 9.22. The van der Waals surface area contributed by atoms with Crippen molar-refractivity contribution in [2.75, 3.05) is 10.6 Å². The van der Waals surface area contributed by atoms with Crippen molar-refractivity contribution in [1.29, 1.82) is 0 Å². The molecule has 3 aromatic rings. The van der Waals surface area contributed by atoms with Crippen molar-refractivity contribution >= 4 is 29.3 Å². The standard InChI is InChI=1S/C24H26N4O2/c1-16(2)24(30)26-20-12-10-19(11-13-20)25-23(29)15-14-22-17(3)27-28(18(22)4)21-8-6-5-7-9-21/h5-16H,1-4H3,(H,25,29)(H,26,30). The molecule has 2 N–H and O–H groups in total. The summed E-state index contributed by atoms with van der Waals surface area (Å²) in [4.78, 5) is 24.1. The van der Waals surface area contributed by atoms with Crippen LogP contribution in [0.2, 0.25) is 0 Å². The van der Waals surface area contributed by atoms with Gasteiger partial charge in [-0.2, -0.15) is 5.10 Å². The van der Waals surface area contributed by atoms with E-state index in [1.165, 1.54) is 6.08 Å². The van der Waals surface area contributed by atoms with Crippen LogP contribution in [0.15, 0.2) is 60.7 Å². The molecule has 2 amide bonds. The van der Waals surface area contributed by atoms with E-state index < -0.39 is 0 Å². The number of rotatable bonds is 6. The number of hydrogen-bond donors (Lipinski definition) is 2. The quantitative estimate of drug-likeness (QED) is 0.585. The fourth-order valence-corrected chi connectivity index (χ4v) is 2.98. The van der Waals surface area contributed by atoms with E-state index in [2.05, 4.69) is 15.7 Å². The van der Waals surface area contributed by atoms with Crippen LogP contribution in [0.4, 0.5) is 11.4 Å². The minimum atomic E-state index is -0.236. The van der Waals surface area contributed by atoms with Crippen LogP contribution in [0.1, 0.15) is 30.8 Å². The summed E-state index contributed by atoms with van der Waals surface area (Å²) in [6.07, 6.45) is 3.28. The number of nitrogens with one attached hydrogen (secondary N) is 2. The molecule has 6 nitrogen and oxygen atoms in total. The number of benzene rings is 2. The van der Waals surface area contributed by atoms with Crippen LogP contribution in [0.3, 0.4) is 0 Å². The summed E-state index contributed by atoms with van der Waals surface area (Å²) in [6.45, 7) is 7.58. The van der Waals surface area contributed by atoms with Gasteiger partial charge in [-0.05, 0) is 56.3 Å². The maximum atomic E-state index is 12.3. The van der Waals surface area contributed by atoms with Gasteiger partial charge in [0.15, 0.2) is 0 Å². The Hall–Kier alpha value is -3.67. The molecule has 0 fully saturated rings. The molecule has 3 rings (SSSR count). The van der Waals surface area contributed by atoms with E-state index in [4.69, 9.17) is 0 Å². The van der Waals surface area contributed by atoms with Gasteiger partial charge in [-0.1, -0.05) is 32.0 Å². The summed E-state index contributed by atoms with van der Waals surface area (Å²) in [6, 6.07) is 16.9. The van der Waals surface area contributed by atoms with Crippen molar-refractivity contribution in [3.8, 4) is 5.69 Å². The number of anilines is 2. The lowest BCUT2D eigenvalue weighted by atomic mass is 10.1. The van der Waals surface area contributed by atoms with Gasteiger partial charge in [-0.15, -0.1) is 0 Å². The Morgan fingerprint density at radius 3 is 2.13 bits per heavy atom. The number of aromatic nitrogens is 2. The predicted molar refractivity (Wildman–Crippen MR) is 121 cm³/mol. The normalized spacial score (nSPS) is 11.1. The highest BCUT2D eigenvalue weighted by Gasteiger charge is 2.11.